The summed E-state index contributed by atoms with van der Waals surface area (Å²) < 4.78 is 4.74. The van der Waals surface area contributed by atoms with Gasteiger partial charge in [0.05, 0.1) is 19.1 Å². The van der Waals surface area contributed by atoms with Crippen molar-refractivity contribution in [2.75, 3.05) is 33.2 Å². The minimum absolute atomic E-state index is 0.219. The summed E-state index contributed by atoms with van der Waals surface area (Å²) in [6.45, 7) is 1.99. The van der Waals surface area contributed by atoms with Crippen molar-refractivity contribution in [1.29, 1.82) is 0 Å². The topological polar surface area (TPSA) is 41.6 Å². The molecule has 0 aromatic heterocycles. The first kappa shape index (κ1) is 14.5. The fourth-order valence-electron chi connectivity index (χ4n) is 1.82. The molecule has 0 aliphatic carbocycles. The maximum absolute atomic E-state index is 11.5. The van der Waals surface area contributed by atoms with E-state index < -0.39 is 5.54 Å². The number of hydrogen-bond acceptors (Lipinski definition) is 4. The third kappa shape index (κ3) is 3.23. The van der Waals surface area contributed by atoms with E-state index in [1.807, 2.05) is 57.2 Å². The summed E-state index contributed by atoms with van der Waals surface area (Å²) in [6, 6.07) is 8.16. The molecule has 18 heavy (non-hydrogen) atoms. The number of carbonyl (C=O) groups excluding carboxylic acids is 1. The second-order valence-corrected chi connectivity index (χ2v) is 4.78. The predicted octanol–water partition coefficient (Wildman–Crippen LogP) is 1.75. The lowest BCUT2D eigenvalue weighted by atomic mass is 9.88. The quantitative estimate of drug-likeness (QED) is 0.808. The van der Waals surface area contributed by atoms with Gasteiger partial charge in [-0.3, -0.25) is 4.79 Å². The SMILES string of the molecule is CNC(C)(CC(=O)OC)c1ccc(N(C)C)cc1. The maximum Gasteiger partial charge on any atom is 0.307 e. The van der Waals surface area contributed by atoms with Gasteiger partial charge in [-0.1, -0.05) is 12.1 Å². The van der Waals surface area contributed by atoms with Gasteiger partial charge in [0.15, 0.2) is 0 Å². The van der Waals surface area contributed by atoms with Crippen LogP contribution in [0.1, 0.15) is 18.9 Å². The van der Waals surface area contributed by atoms with Gasteiger partial charge in [-0.2, -0.15) is 0 Å². The van der Waals surface area contributed by atoms with Crippen LogP contribution in [0.2, 0.25) is 0 Å². The second kappa shape index (κ2) is 5.87. The molecule has 0 spiro atoms. The fourth-order valence-corrected chi connectivity index (χ4v) is 1.82. The van der Waals surface area contributed by atoms with Crippen molar-refractivity contribution in [3.63, 3.8) is 0 Å². The van der Waals surface area contributed by atoms with Crippen LogP contribution in [0.25, 0.3) is 0 Å². The average Bonchev–Trinajstić information content (AvgIpc) is 2.38. The first-order chi connectivity index (χ1) is 8.42. The fraction of sp³-hybridized carbons (Fsp3) is 0.500. The van der Waals surface area contributed by atoms with E-state index >= 15 is 0 Å². The molecule has 0 saturated carbocycles. The Hall–Kier alpha value is -1.55. The molecule has 0 heterocycles. The van der Waals surface area contributed by atoms with Gasteiger partial charge in [-0.15, -0.1) is 0 Å². The number of carbonyl (C=O) groups is 1. The number of nitrogens with one attached hydrogen (secondary N) is 1. The Balaban J connectivity index is 2.97. The van der Waals surface area contributed by atoms with Gasteiger partial charge in [0, 0.05) is 19.8 Å². The Morgan fingerprint density at radius 1 is 1.33 bits per heavy atom. The summed E-state index contributed by atoms with van der Waals surface area (Å²) in [6.07, 6.45) is 0.307. The van der Waals surface area contributed by atoms with E-state index in [-0.39, 0.29) is 5.97 Å². The molecule has 1 unspecified atom stereocenters. The molecular weight excluding hydrogens is 228 g/mol. The molecule has 100 valence electrons. The number of anilines is 1. The highest BCUT2D eigenvalue weighted by molar-refractivity contribution is 5.71. The zero-order chi connectivity index (χ0) is 13.8. The normalized spacial score (nSPS) is 13.8. The lowest BCUT2D eigenvalue weighted by molar-refractivity contribution is -0.142. The molecular formula is C14H22N2O2. The van der Waals surface area contributed by atoms with Crippen LogP contribution < -0.4 is 10.2 Å². The summed E-state index contributed by atoms with van der Waals surface area (Å²) in [4.78, 5) is 13.5. The molecule has 0 fully saturated rings. The van der Waals surface area contributed by atoms with Crippen molar-refractivity contribution in [3.05, 3.63) is 29.8 Å². The van der Waals surface area contributed by atoms with Gasteiger partial charge in [0.25, 0.3) is 0 Å². The minimum Gasteiger partial charge on any atom is -0.469 e. The molecule has 1 rings (SSSR count). The number of hydrogen-bond donors (Lipinski definition) is 1. The smallest absolute Gasteiger partial charge is 0.307 e. The highest BCUT2D eigenvalue weighted by Crippen LogP contribution is 2.26. The van der Waals surface area contributed by atoms with E-state index in [0.29, 0.717) is 6.42 Å². The highest BCUT2D eigenvalue weighted by Gasteiger charge is 2.28. The van der Waals surface area contributed by atoms with Crippen LogP contribution in [-0.4, -0.2) is 34.2 Å². The number of ether oxygens (including phenoxy) is 1. The number of methoxy groups -OCH3 is 1. The van der Waals surface area contributed by atoms with Gasteiger partial charge >= 0.3 is 5.97 Å². The van der Waals surface area contributed by atoms with Crippen LogP contribution in [0, 0.1) is 0 Å². The molecule has 0 bridgehead atoms. The third-order valence-electron chi connectivity index (χ3n) is 3.30. The molecule has 1 N–H and O–H groups in total. The van der Waals surface area contributed by atoms with Gasteiger partial charge < -0.3 is 15.0 Å². The van der Waals surface area contributed by atoms with Gasteiger partial charge in [-0.05, 0) is 31.7 Å². The Kier molecular flexibility index (Phi) is 4.73. The summed E-state index contributed by atoms with van der Waals surface area (Å²) >= 11 is 0. The van der Waals surface area contributed by atoms with Crippen molar-refractivity contribution in [2.45, 2.75) is 18.9 Å². The zero-order valence-electron chi connectivity index (χ0n) is 11.8. The van der Waals surface area contributed by atoms with Gasteiger partial charge in [0.1, 0.15) is 0 Å². The third-order valence-corrected chi connectivity index (χ3v) is 3.30. The van der Waals surface area contributed by atoms with Gasteiger partial charge in [0.2, 0.25) is 0 Å². The number of esters is 1. The minimum atomic E-state index is -0.405. The number of rotatable bonds is 5. The van der Waals surface area contributed by atoms with Crippen LogP contribution in [0.4, 0.5) is 5.69 Å². The van der Waals surface area contributed by atoms with Crippen molar-refractivity contribution in [1.82, 2.24) is 5.32 Å². The van der Waals surface area contributed by atoms with E-state index in [1.54, 1.807) is 0 Å². The molecule has 1 aromatic rings. The predicted molar refractivity (Wildman–Crippen MR) is 73.8 cm³/mol. The Morgan fingerprint density at radius 2 is 1.89 bits per heavy atom. The molecule has 1 atom stereocenters. The largest absolute Gasteiger partial charge is 0.469 e. The van der Waals surface area contributed by atoms with E-state index in [1.165, 1.54) is 7.11 Å². The van der Waals surface area contributed by atoms with E-state index in [9.17, 15) is 4.79 Å². The van der Waals surface area contributed by atoms with Crippen molar-refractivity contribution < 1.29 is 9.53 Å². The number of benzene rings is 1. The van der Waals surface area contributed by atoms with Crippen LogP contribution in [0.5, 0.6) is 0 Å². The number of nitrogens with zero attached hydrogens (tertiary/aromatic N) is 1. The van der Waals surface area contributed by atoms with Crippen molar-refractivity contribution in [3.8, 4) is 0 Å². The summed E-state index contributed by atoms with van der Waals surface area (Å²) in [5.74, 6) is -0.219. The van der Waals surface area contributed by atoms with Crippen molar-refractivity contribution >= 4 is 11.7 Å². The monoisotopic (exact) mass is 250 g/mol. The average molecular weight is 250 g/mol. The van der Waals surface area contributed by atoms with E-state index in [0.717, 1.165) is 11.3 Å². The van der Waals surface area contributed by atoms with Crippen LogP contribution in [0.3, 0.4) is 0 Å². The zero-order valence-corrected chi connectivity index (χ0v) is 11.8. The lowest BCUT2D eigenvalue weighted by Crippen LogP contribution is -2.39. The lowest BCUT2D eigenvalue weighted by Gasteiger charge is -2.29. The highest BCUT2D eigenvalue weighted by atomic mass is 16.5. The molecule has 0 aliphatic rings. The van der Waals surface area contributed by atoms with E-state index in [4.69, 9.17) is 4.74 Å². The van der Waals surface area contributed by atoms with Gasteiger partial charge in [-0.25, -0.2) is 0 Å². The molecule has 0 aliphatic heterocycles. The Morgan fingerprint density at radius 3 is 2.28 bits per heavy atom. The molecule has 0 radical (unpaired) electrons. The standard InChI is InChI=1S/C14H22N2O2/c1-14(15-2,10-13(17)18-5)11-6-8-12(9-7-11)16(3)4/h6-9,15H,10H2,1-5H3. The van der Waals surface area contributed by atoms with Crippen LogP contribution in [-0.2, 0) is 15.1 Å². The second-order valence-electron chi connectivity index (χ2n) is 4.78. The van der Waals surface area contributed by atoms with Crippen molar-refractivity contribution in [2.24, 2.45) is 0 Å². The first-order valence-electron chi connectivity index (χ1n) is 5.96. The summed E-state index contributed by atoms with van der Waals surface area (Å²) in [5.41, 5.74) is 1.80. The van der Waals surface area contributed by atoms with Crippen LogP contribution in [0.15, 0.2) is 24.3 Å². The Bertz CT molecular complexity index is 401. The Labute approximate surface area is 109 Å². The van der Waals surface area contributed by atoms with Crippen LogP contribution >= 0.6 is 0 Å². The molecule has 0 amide bonds. The first-order valence-corrected chi connectivity index (χ1v) is 5.96. The molecule has 4 nitrogen and oxygen atoms in total. The molecule has 1 aromatic carbocycles. The van der Waals surface area contributed by atoms with E-state index in [2.05, 4.69) is 5.32 Å². The summed E-state index contributed by atoms with van der Waals surface area (Å²) in [7, 11) is 7.26. The molecule has 0 saturated heterocycles. The molecule has 4 heteroatoms. The summed E-state index contributed by atoms with van der Waals surface area (Å²) in [5, 5.41) is 3.19. The maximum atomic E-state index is 11.5.